The molecule has 1 aliphatic heterocycles. The lowest BCUT2D eigenvalue weighted by Gasteiger charge is -2.22. The summed E-state index contributed by atoms with van der Waals surface area (Å²) in [6, 6.07) is 6.72. The first kappa shape index (κ1) is 12.0. The summed E-state index contributed by atoms with van der Waals surface area (Å²) in [4.78, 5) is 10.4. The van der Waals surface area contributed by atoms with E-state index in [9.17, 15) is 10.1 Å². The number of nitro groups is 1. The first-order valence-corrected chi connectivity index (χ1v) is 5.82. The van der Waals surface area contributed by atoms with Gasteiger partial charge in [0.05, 0.1) is 23.2 Å². The third-order valence-corrected chi connectivity index (χ3v) is 2.91. The Labute approximate surface area is 99.9 Å². The Bertz CT molecular complexity index is 389. The van der Waals surface area contributed by atoms with Gasteiger partial charge in [0, 0.05) is 12.6 Å². The van der Waals surface area contributed by atoms with Crippen molar-refractivity contribution in [3.05, 3.63) is 39.9 Å². The summed E-state index contributed by atoms with van der Waals surface area (Å²) in [5, 5.41) is 14.1. The van der Waals surface area contributed by atoms with E-state index in [0.29, 0.717) is 12.2 Å². The molecule has 0 aliphatic carbocycles. The summed E-state index contributed by atoms with van der Waals surface area (Å²) >= 11 is 0. The van der Waals surface area contributed by atoms with Crippen LogP contribution in [0.3, 0.4) is 0 Å². The highest BCUT2D eigenvalue weighted by Crippen LogP contribution is 2.19. The molecule has 1 aromatic rings. The Balaban J connectivity index is 1.96. The van der Waals surface area contributed by atoms with Crippen LogP contribution >= 0.6 is 0 Å². The van der Waals surface area contributed by atoms with Gasteiger partial charge < -0.3 is 10.1 Å². The fourth-order valence-electron chi connectivity index (χ4n) is 1.98. The maximum absolute atomic E-state index is 10.8. The third kappa shape index (κ3) is 3.25. The Morgan fingerprint density at radius 2 is 2.29 bits per heavy atom. The standard InChI is InChI=1S/C12H16N2O3/c15-14(16)12-6-2-1-4-10(12)9-17-11-5-3-7-13-8-11/h1-2,4,6,11,13H,3,5,7-9H2/t11-/m0/s1. The van der Waals surface area contributed by atoms with E-state index in [-0.39, 0.29) is 16.7 Å². The van der Waals surface area contributed by atoms with Crippen LogP contribution in [-0.2, 0) is 11.3 Å². The Kier molecular flexibility index (Phi) is 4.06. The molecule has 1 aliphatic rings. The maximum Gasteiger partial charge on any atom is 0.274 e. The number of benzene rings is 1. The zero-order chi connectivity index (χ0) is 12.1. The quantitative estimate of drug-likeness (QED) is 0.640. The molecule has 1 atom stereocenters. The van der Waals surface area contributed by atoms with Crippen molar-refractivity contribution in [1.29, 1.82) is 0 Å². The molecule has 0 amide bonds. The molecule has 0 unspecified atom stereocenters. The van der Waals surface area contributed by atoms with E-state index in [2.05, 4.69) is 5.32 Å². The van der Waals surface area contributed by atoms with Crippen LogP contribution in [0.1, 0.15) is 18.4 Å². The molecule has 1 aromatic carbocycles. The molecular formula is C12H16N2O3. The lowest BCUT2D eigenvalue weighted by molar-refractivity contribution is -0.386. The highest BCUT2D eigenvalue weighted by molar-refractivity contribution is 5.39. The SMILES string of the molecule is O=[N+]([O-])c1ccccc1CO[C@H]1CCCNC1. The lowest BCUT2D eigenvalue weighted by atomic mass is 10.1. The van der Waals surface area contributed by atoms with E-state index < -0.39 is 0 Å². The molecule has 92 valence electrons. The Hall–Kier alpha value is -1.46. The van der Waals surface area contributed by atoms with Crippen molar-refractivity contribution in [3.63, 3.8) is 0 Å². The van der Waals surface area contributed by atoms with Crippen LogP contribution in [0.25, 0.3) is 0 Å². The molecule has 2 rings (SSSR count). The van der Waals surface area contributed by atoms with E-state index in [1.165, 1.54) is 6.07 Å². The van der Waals surface area contributed by atoms with Gasteiger partial charge in [0.15, 0.2) is 0 Å². The second-order valence-electron chi connectivity index (χ2n) is 4.17. The molecule has 1 N–H and O–H groups in total. The van der Waals surface area contributed by atoms with Crippen LogP contribution in [0.4, 0.5) is 5.69 Å². The van der Waals surface area contributed by atoms with Crippen molar-refractivity contribution in [2.75, 3.05) is 13.1 Å². The molecule has 0 radical (unpaired) electrons. The zero-order valence-corrected chi connectivity index (χ0v) is 9.59. The van der Waals surface area contributed by atoms with E-state index in [0.717, 1.165) is 25.9 Å². The highest BCUT2D eigenvalue weighted by Gasteiger charge is 2.16. The summed E-state index contributed by atoms with van der Waals surface area (Å²) in [6.07, 6.45) is 2.29. The average Bonchev–Trinajstić information content (AvgIpc) is 2.38. The van der Waals surface area contributed by atoms with Gasteiger partial charge in [-0.05, 0) is 25.5 Å². The van der Waals surface area contributed by atoms with Crippen LogP contribution in [0.5, 0.6) is 0 Å². The number of rotatable bonds is 4. The Morgan fingerprint density at radius 3 is 3.00 bits per heavy atom. The highest BCUT2D eigenvalue weighted by atomic mass is 16.6. The normalized spacial score (nSPS) is 20.1. The molecule has 0 aromatic heterocycles. The van der Waals surface area contributed by atoms with E-state index in [4.69, 9.17) is 4.74 Å². The van der Waals surface area contributed by atoms with Gasteiger partial charge in [0.1, 0.15) is 0 Å². The summed E-state index contributed by atoms with van der Waals surface area (Å²) in [7, 11) is 0. The molecule has 0 bridgehead atoms. The average molecular weight is 236 g/mol. The number of piperidine rings is 1. The number of nitrogens with zero attached hydrogens (tertiary/aromatic N) is 1. The topological polar surface area (TPSA) is 64.4 Å². The van der Waals surface area contributed by atoms with Crippen LogP contribution in [0, 0.1) is 10.1 Å². The van der Waals surface area contributed by atoms with Gasteiger partial charge in [0.2, 0.25) is 0 Å². The fourth-order valence-corrected chi connectivity index (χ4v) is 1.98. The van der Waals surface area contributed by atoms with Crippen molar-refractivity contribution in [2.24, 2.45) is 0 Å². The van der Waals surface area contributed by atoms with Crippen molar-refractivity contribution in [3.8, 4) is 0 Å². The molecule has 0 saturated carbocycles. The van der Waals surface area contributed by atoms with Gasteiger partial charge >= 0.3 is 0 Å². The van der Waals surface area contributed by atoms with Gasteiger partial charge in [-0.2, -0.15) is 0 Å². The summed E-state index contributed by atoms with van der Waals surface area (Å²) in [5.74, 6) is 0. The van der Waals surface area contributed by atoms with Crippen molar-refractivity contribution in [1.82, 2.24) is 5.32 Å². The number of hydrogen-bond donors (Lipinski definition) is 1. The number of nitro benzene ring substituents is 1. The minimum absolute atomic E-state index is 0.135. The second-order valence-corrected chi connectivity index (χ2v) is 4.17. The first-order valence-electron chi connectivity index (χ1n) is 5.82. The molecule has 5 heteroatoms. The third-order valence-electron chi connectivity index (χ3n) is 2.91. The monoisotopic (exact) mass is 236 g/mol. The molecular weight excluding hydrogens is 220 g/mol. The van der Waals surface area contributed by atoms with E-state index in [1.54, 1.807) is 18.2 Å². The van der Waals surface area contributed by atoms with Crippen molar-refractivity contribution >= 4 is 5.69 Å². The predicted octanol–water partition coefficient (Wildman–Crippen LogP) is 1.86. The smallest absolute Gasteiger partial charge is 0.274 e. The minimum atomic E-state index is -0.363. The number of hydrogen-bond acceptors (Lipinski definition) is 4. The maximum atomic E-state index is 10.8. The molecule has 1 saturated heterocycles. The first-order chi connectivity index (χ1) is 8.27. The van der Waals surface area contributed by atoms with Crippen molar-refractivity contribution < 1.29 is 9.66 Å². The number of nitrogens with one attached hydrogen (secondary N) is 1. The molecule has 1 fully saturated rings. The fraction of sp³-hybridized carbons (Fsp3) is 0.500. The summed E-state index contributed by atoms with van der Waals surface area (Å²) in [6.45, 7) is 2.18. The molecule has 0 spiro atoms. The van der Waals surface area contributed by atoms with E-state index in [1.807, 2.05) is 0 Å². The molecule has 1 heterocycles. The van der Waals surface area contributed by atoms with Gasteiger partial charge in [-0.3, -0.25) is 10.1 Å². The lowest BCUT2D eigenvalue weighted by Crippen LogP contribution is -2.35. The van der Waals surface area contributed by atoms with Crippen molar-refractivity contribution in [2.45, 2.75) is 25.6 Å². The Morgan fingerprint density at radius 1 is 1.47 bits per heavy atom. The molecule has 5 nitrogen and oxygen atoms in total. The van der Waals surface area contributed by atoms with Gasteiger partial charge in [-0.1, -0.05) is 12.1 Å². The zero-order valence-electron chi connectivity index (χ0n) is 9.59. The van der Waals surface area contributed by atoms with Gasteiger partial charge in [0.25, 0.3) is 5.69 Å². The summed E-state index contributed by atoms with van der Waals surface area (Å²) in [5.41, 5.74) is 0.777. The second kappa shape index (κ2) is 5.75. The van der Waals surface area contributed by atoms with E-state index >= 15 is 0 Å². The predicted molar refractivity (Wildman–Crippen MR) is 63.8 cm³/mol. The van der Waals surface area contributed by atoms with Crippen LogP contribution in [-0.4, -0.2) is 24.1 Å². The minimum Gasteiger partial charge on any atom is -0.372 e. The number of para-hydroxylation sites is 1. The van der Waals surface area contributed by atoms with Gasteiger partial charge in [-0.25, -0.2) is 0 Å². The summed E-state index contributed by atoms with van der Waals surface area (Å²) < 4.78 is 5.69. The molecule has 17 heavy (non-hydrogen) atoms. The van der Waals surface area contributed by atoms with Crippen LogP contribution < -0.4 is 5.32 Å². The van der Waals surface area contributed by atoms with Crippen LogP contribution in [0.2, 0.25) is 0 Å². The van der Waals surface area contributed by atoms with Crippen LogP contribution in [0.15, 0.2) is 24.3 Å². The largest absolute Gasteiger partial charge is 0.372 e. The van der Waals surface area contributed by atoms with Gasteiger partial charge in [-0.15, -0.1) is 0 Å². The number of ether oxygens (including phenoxy) is 1.